The van der Waals surface area contributed by atoms with Crippen LogP contribution in [0.1, 0.15) is 32.3 Å². The van der Waals surface area contributed by atoms with Crippen molar-refractivity contribution in [1.29, 1.82) is 0 Å². The standard InChI is InChI=1S/C23H31FN4O6S/c1-15(2)33-23(29)28-9-7-17(8-10-28)34-22-16(3)21(25-14-26-22)27-20-6-5-18(13-19(20)24)32-11-12-35(4,30)31/h5-6,13-15,17H,7-12H2,1-4H3,(H,25,26,27). The van der Waals surface area contributed by atoms with Crippen molar-refractivity contribution in [3.05, 3.63) is 35.9 Å². The van der Waals surface area contributed by atoms with Gasteiger partial charge in [-0.3, -0.25) is 0 Å². The number of nitrogens with one attached hydrogen (secondary N) is 1. The van der Waals surface area contributed by atoms with Crippen LogP contribution in [0.2, 0.25) is 0 Å². The lowest BCUT2D eigenvalue weighted by atomic mass is 10.1. The van der Waals surface area contributed by atoms with Gasteiger partial charge in [0.2, 0.25) is 5.88 Å². The van der Waals surface area contributed by atoms with Crippen LogP contribution in [0.3, 0.4) is 0 Å². The molecule has 192 valence electrons. The SMILES string of the molecule is Cc1c(Nc2ccc(OCCS(C)(=O)=O)cc2F)ncnc1OC1CCN(C(=O)OC(C)C)CC1. The van der Waals surface area contributed by atoms with Gasteiger partial charge in [-0.25, -0.2) is 27.6 Å². The largest absolute Gasteiger partial charge is 0.492 e. The number of carbonyl (C=O) groups excluding carboxylic acids is 1. The molecular weight excluding hydrogens is 479 g/mol. The van der Waals surface area contributed by atoms with Gasteiger partial charge in [-0.15, -0.1) is 0 Å². The molecule has 0 aliphatic carbocycles. The first-order valence-electron chi connectivity index (χ1n) is 11.3. The molecule has 0 saturated carbocycles. The van der Waals surface area contributed by atoms with Crippen molar-refractivity contribution in [3.8, 4) is 11.6 Å². The number of hydrogen-bond acceptors (Lipinski definition) is 9. The Hall–Kier alpha value is -3.15. The fraction of sp³-hybridized carbons (Fsp3) is 0.522. The topological polar surface area (TPSA) is 120 Å². The molecule has 1 aromatic carbocycles. The van der Waals surface area contributed by atoms with E-state index in [0.29, 0.717) is 43.2 Å². The van der Waals surface area contributed by atoms with Crippen molar-refractivity contribution in [2.24, 2.45) is 0 Å². The fourth-order valence-corrected chi connectivity index (χ4v) is 3.78. The molecule has 0 radical (unpaired) electrons. The minimum absolute atomic E-state index is 0.0609. The van der Waals surface area contributed by atoms with Gasteiger partial charge in [0.05, 0.1) is 23.1 Å². The van der Waals surface area contributed by atoms with Crippen LogP contribution in [0, 0.1) is 12.7 Å². The minimum atomic E-state index is -3.16. The molecule has 1 aliphatic heterocycles. The third-order valence-electron chi connectivity index (χ3n) is 5.27. The highest BCUT2D eigenvalue weighted by Gasteiger charge is 2.26. The van der Waals surface area contributed by atoms with Crippen molar-refractivity contribution in [3.63, 3.8) is 0 Å². The van der Waals surface area contributed by atoms with Crippen LogP contribution < -0.4 is 14.8 Å². The second-order valence-corrected chi connectivity index (χ2v) is 10.9. The number of aromatic nitrogens is 2. The summed E-state index contributed by atoms with van der Waals surface area (Å²) in [6.45, 7) is 6.38. The molecule has 2 aromatic rings. The Morgan fingerprint density at radius 3 is 2.60 bits per heavy atom. The number of anilines is 2. The molecule has 35 heavy (non-hydrogen) atoms. The molecule has 1 aromatic heterocycles. The van der Waals surface area contributed by atoms with E-state index in [4.69, 9.17) is 14.2 Å². The van der Waals surface area contributed by atoms with Crippen LogP contribution in [-0.2, 0) is 14.6 Å². The summed E-state index contributed by atoms with van der Waals surface area (Å²) in [5, 5.41) is 2.94. The lowest BCUT2D eigenvalue weighted by molar-refractivity contribution is 0.0505. The van der Waals surface area contributed by atoms with Crippen molar-refractivity contribution in [2.45, 2.75) is 45.8 Å². The summed E-state index contributed by atoms with van der Waals surface area (Å²) >= 11 is 0. The van der Waals surface area contributed by atoms with Gasteiger partial charge in [-0.2, -0.15) is 0 Å². The third kappa shape index (κ3) is 7.94. The molecule has 1 fully saturated rings. The van der Waals surface area contributed by atoms with Crippen LogP contribution >= 0.6 is 0 Å². The molecule has 1 amide bonds. The molecule has 1 N–H and O–H groups in total. The number of halogens is 1. The minimum Gasteiger partial charge on any atom is -0.492 e. The van der Waals surface area contributed by atoms with Crippen LogP contribution in [-0.4, -0.2) is 73.3 Å². The van der Waals surface area contributed by atoms with Gasteiger partial charge in [0, 0.05) is 38.3 Å². The van der Waals surface area contributed by atoms with Gasteiger partial charge in [0.15, 0.2) is 9.84 Å². The zero-order valence-electron chi connectivity index (χ0n) is 20.3. The smallest absolute Gasteiger partial charge is 0.410 e. The highest BCUT2D eigenvalue weighted by Crippen LogP contribution is 2.29. The van der Waals surface area contributed by atoms with E-state index < -0.39 is 15.7 Å². The van der Waals surface area contributed by atoms with E-state index in [1.165, 1.54) is 18.5 Å². The first-order chi connectivity index (χ1) is 16.5. The average Bonchev–Trinajstić information content (AvgIpc) is 2.77. The molecule has 1 aliphatic rings. The maximum Gasteiger partial charge on any atom is 0.410 e. The zero-order valence-corrected chi connectivity index (χ0v) is 21.1. The number of likely N-dealkylation sites (tertiary alicyclic amines) is 1. The number of benzene rings is 1. The predicted octanol–water partition coefficient (Wildman–Crippen LogP) is 3.48. The van der Waals surface area contributed by atoms with Gasteiger partial charge in [0.25, 0.3) is 0 Å². The molecule has 0 bridgehead atoms. The Kier molecular flexibility index (Phi) is 8.71. The second-order valence-electron chi connectivity index (χ2n) is 8.63. The zero-order chi connectivity index (χ0) is 25.6. The monoisotopic (exact) mass is 510 g/mol. The van der Waals surface area contributed by atoms with E-state index in [2.05, 4.69) is 15.3 Å². The van der Waals surface area contributed by atoms with E-state index in [9.17, 15) is 17.6 Å². The van der Waals surface area contributed by atoms with Gasteiger partial charge >= 0.3 is 6.09 Å². The van der Waals surface area contributed by atoms with Gasteiger partial charge in [0.1, 0.15) is 36.4 Å². The number of piperidine rings is 1. The molecule has 12 heteroatoms. The second kappa shape index (κ2) is 11.5. The molecular formula is C23H31FN4O6S. The molecule has 0 unspecified atom stereocenters. The number of nitrogens with zero attached hydrogens (tertiary/aromatic N) is 3. The summed E-state index contributed by atoms with van der Waals surface area (Å²) in [6.07, 6.45) is 3.10. The summed E-state index contributed by atoms with van der Waals surface area (Å²) in [7, 11) is -3.16. The average molecular weight is 511 g/mol. The molecule has 0 spiro atoms. The van der Waals surface area contributed by atoms with Gasteiger partial charge in [-0.05, 0) is 32.9 Å². The highest BCUT2D eigenvalue weighted by molar-refractivity contribution is 7.90. The van der Waals surface area contributed by atoms with E-state index >= 15 is 0 Å². The normalized spacial score (nSPS) is 14.6. The summed E-state index contributed by atoms with van der Waals surface area (Å²) in [4.78, 5) is 22.1. The van der Waals surface area contributed by atoms with E-state index in [1.54, 1.807) is 17.9 Å². The fourth-order valence-electron chi connectivity index (χ4n) is 3.39. The number of amides is 1. The Bertz CT molecular complexity index is 1140. The number of hydrogen-bond donors (Lipinski definition) is 1. The first-order valence-corrected chi connectivity index (χ1v) is 13.4. The number of carbonyl (C=O) groups is 1. The molecule has 3 rings (SSSR count). The summed E-state index contributed by atoms with van der Waals surface area (Å²) in [5.41, 5.74) is 0.784. The van der Waals surface area contributed by atoms with Crippen LogP contribution in [0.5, 0.6) is 11.6 Å². The summed E-state index contributed by atoms with van der Waals surface area (Å²) < 4.78 is 53.6. The highest BCUT2D eigenvalue weighted by atomic mass is 32.2. The van der Waals surface area contributed by atoms with Crippen LogP contribution in [0.25, 0.3) is 0 Å². The van der Waals surface area contributed by atoms with Crippen LogP contribution in [0.4, 0.5) is 20.7 Å². The lowest BCUT2D eigenvalue weighted by Crippen LogP contribution is -2.42. The maximum atomic E-state index is 14.6. The number of sulfone groups is 1. The summed E-state index contributed by atoms with van der Waals surface area (Å²) in [6, 6.07) is 4.20. The Morgan fingerprint density at radius 2 is 1.97 bits per heavy atom. The number of rotatable bonds is 9. The maximum absolute atomic E-state index is 14.6. The predicted molar refractivity (Wildman–Crippen MR) is 128 cm³/mol. The van der Waals surface area contributed by atoms with Crippen molar-refractivity contribution >= 4 is 27.4 Å². The first kappa shape index (κ1) is 26.5. The quantitative estimate of drug-likeness (QED) is 0.540. The number of ether oxygens (including phenoxy) is 3. The van der Waals surface area contributed by atoms with Gasteiger partial charge < -0.3 is 24.4 Å². The molecule has 1 saturated heterocycles. The van der Waals surface area contributed by atoms with Crippen molar-refractivity contribution in [1.82, 2.24) is 14.9 Å². The molecule has 0 atom stereocenters. The molecule has 10 nitrogen and oxygen atoms in total. The molecule has 2 heterocycles. The summed E-state index contributed by atoms with van der Waals surface area (Å²) in [5.74, 6) is 0.259. The Morgan fingerprint density at radius 1 is 1.26 bits per heavy atom. The third-order valence-corrected chi connectivity index (χ3v) is 6.18. The lowest BCUT2D eigenvalue weighted by Gasteiger charge is -2.32. The van der Waals surface area contributed by atoms with E-state index in [1.807, 2.05) is 13.8 Å². The van der Waals surface area contributed by atoms with Gasteiger partial charge in [-0.1, -0.05) is 0 Å². The Labute approximate surface area is 204 Å². The van der Waals surface area contributed by atoms with E-state index in [0.717, 1.165) is 6.26 Å². The van der Waals surface area contributed by atoms with Crippen LogP contribution in [0.15, 0.2) is 24.5 Å². The van der Waals surface area contributed by atoms with Crippen molar-refractivity contribution < 1.29 is 31.8 Å². The van der Waals surface area contributed by atoms with E-state index in [-0.39, 0.29) is 42.1 Å². The Balaban J connectivity index is 1.59. The van der Waals surface area contributed by atoms with Crippen molar-refractivity contribution in [2.75, 3.05) is 37.0 Å².